The number of carbonyl (C=O) groups is 1. The van der Waals surface area contributed by atoms with E-state index in [1.165, 1.54) is 6.92 Å². The Morgan fingerprint density at radius 3 is 2.20 bits per heavy atom. The molecular weight excluding hydrogens is 241 g/mol. The molecule has 1 N–H and O–H groups in total. The standard InChI is InChI=1S/C6H9F3O5S/c1-2-3-4(5(10)11)14-15(12,13)6(7,8)9/h4H,2-3H2,1H3,(H,10,11)/t4-/m0/s1. The summed E-state index contributed by atoms with van der Waals surface area (Å²) in [5, 5.41) is 8.38. The topological polar surface area (TPSA) is 80.7 Å². The van der Waals surface area contributed by atoms with Gasteiger partial charge in [0.05, 0.1) is 0 Å². The minimum Gasteiger partial charge on any atom is -0.479 e. The average Bonchev–Trinajstić information content (AvgIpc) is 2.00. The van der Waals surface area contributed by atoms with Gasteiger partial charge in [0, 0.05) is 0 Å². The number of carboxylic acid groups (broad SMARTS) is 1. The van der Waals surface area contributed by atoms with Gasteiger partial charge in [0.1, 0.15) is 0 Å². The van der Waals surface area contributed by atoms with Crippen molar-refractivity contribution in [2.45, 2.75) is 31.4 Å². The van der Waals surface area contributed by atoms with E-state index >= 15 is 0 Å². The number of carboxylic acids is 1. The summed E-state index contributed by atoms with van der Waals surface area (Å²) in [6, 6.07) is 0. The van der Waals surface area contributed by atoms with Crippen LogP contribution in [0.2, 0.25) is 0 Å². The molecule has 15 heavy (non-hydrogen) atoms. The van der Waals surface area contributed by atoms with Gasteiger partial charge in [0.15, 0.2) is 6.10 Å². The van der Waals surface area contributed by atoms with Crippen molar-refractivity contribution in [3.8, 4) is 0 Å². The van der Waals surface area contributed by atoms with Crippen molar-refractivity contribution in [3.63, 3.8) is 0 Å². The minimum absolute atomic E-state index is 0.185. The fourth-order valence-corrected chi connectivity index (χ4v) is 1.28. The van der Waals surface area contributed by atoms with Crippen molar-refractivity contribution < 1.29 is 35.7 Å². The van der Waals surface area contributed by atoms with Gasteiger partial charge in [0.25, 0.3) is 0 Å². The molecule has 90 valence electrons. The second kappa shape index (κ2) is 4.79. The van der Waals surface area contributed by atoms with E-state index < -0.39 is 27.7 Å². The van der Waals surface area contributed by atoms with Crippen molar-refractivity contribution in [1.29, 1.82) is 0 Å². The van der Waals surface area contributed by atoms with Crippen LogP contribution in [0.5, 0.6) is 0 Å². The zero-order valence-electron chi connectivity index (χ0n) is 7.61. The SMILES string of the molecule is CCC[C@H](OS(=O)(=O)C(F)(F)F)C(=O)O. The molecule has 0 aromatic rings. The first-order valence-corrected chi connectivity index (χ1v) is 5.25. The molecule has 0 fully saturated rings. The second-order valence-electron chi connectivity index (χ2n) is 2.61. The van der Waals surface area contributed by atoms with Crippen LogP contribution in [0.3, 0.4) is 0 Å². The molecule has 0 aliphatic rings. The lowest BCUT2D eigenvalue weighted by molar-refractivity contribution is -0.146. The van der Waals surface area contributed by atoms with Gasteiger partial charge in [-0.05, 0) is 6.42 Å². The van der Waals surface area contributed by atoms with Crippen LogP contribution >= 0.6 is 0 Å². The van der Waals surface area contributed by atoms with Crippen molar-refractivity contribution in [3.05, 3.63) is 0 Å². The van der Waals surface area contributed by atoms with Gasteiger partial charge in [-0.1, -0.05) is 13.3 Å². The monoisotopic (exact) mass is 250 g/mol. The average molecular weight is 250 g/mol. The summed E-state index contributed by atoms with van der Waals surface area (Å²) in [5.74, 6) is -1.75. The highest BCUT2D eigenvalue weighted by atomic mass is 32.2. The zero-order chi connectivity index (χ0) is 12.3. The molecule has 1 atom stereocenters. The Labute approximate surface area is 84.0 Å². The number of rotatable bonds is 5. The number of alkyl halides is 3. The lowest BCUT2D eigenvalue weighted by Gasteiger charge is -2.13. The summed E-state index contributed by atoms with van der Waals surface area (Å²) in [7, 11) is -5.84. The zero-order valence-corrected chi connectivity index (χ0v) is 8.43. The summed E-state index contributed by atoms with van der Waals surface area (Å²) in [5.41, 5.74) is -5.60. The Hall–Kier alpha value is -0.830. The molecule has 0 amide bonds. The molecule has 0 heterocycles. The number of hydrogen-bond donors (Lipinski definition) is 1. The molecule has 0 radical (unpaired) electrons. The lowest BCUT2D eigenvalue weighted by Crippen LogP contribution is -2.34. The molecule has 0 saturated heterocycles. The first-order valence-electron chi connectivity index (χ1n) is 3.84. The van der Waals surface area contributed by atoms with Crippen LogP contribution in [0.4, 0.5) is 13.2 Å². The smallest absolute Gasteiger partial charge is 0.479 e. The maximum atomic E-state index is 11.8. The van der Waals surface area contributed by atoms with Gasteiger partial charge in [0.2, 0.25) is 0 Å². The van der Waals surface area contributed by atoms with E-state index in [-0.39, 0.29) is 12.8 Å². The van der Waals surface area contributed by atoms with Crippen molar-refractivity contribution in [2.24, 2.45) is 0 Å². The van der Waals surface area contributed by atoms with Crippen LogP contribution in [0.15, 0.2) is 0 Å². The molecule has 0 aromatic heterocycles. The molecule has 0 spiro atoms. The number of hydrogen-bond acceptors (Lipinski definition) is 4. The molecule has 0 aromatic carbocycles. The molecule has 0 aliphatic carbocycles. The van der Waals surface area contributed by atoms with E-state index in [1.807, 2.05) is 0 Å². The molecule has 0 rings (SSSR count). The van der Waals surface area contributed by atoms with Crippen molar-refractivity contribution >= 4 is 16.1 Å². The van der Waals surface area contributed by atoms with Crippen LogP contribution in [-0.4, -0.2) is 31.1 Å². The van der Waals surface area contributed by atoms with Gasteiger partial charge in [-0.15, -0.1) is 0 Å². The quantitative estimate of drug-likeness (QED) is 0.583. The maximum absolute atomic E-state index is 11.8. The van der Waals surface area contributed by atoms with E-state index in [4.69, 9.17) is 5.11 Å². The summed E-state index contributed by atoms with van der Waals surface area (Å²) in [4.78, 5) is 10.3. The normalized spacial score (nSPS) is 14.9. The molecular formula is C6H9F3O5S. The van der Waals surface area contributed by atoms with Gasteiger partial charge in [-0.2, -0.15) is 21.6 Å². The van der Waals surface area contributed by atoms with Gasteiger partial charge in [-0.3, -0.25) is 0 Å². The summed E-state index contributed by atoms with van der Waals surface area (Å²) >= 11 is 0. The first kappa shape index (κ1) is 14.2. The van der Waals surface area contributed by atoms with E-state index in [9.17, 15) is 26.4 Å². The predicted molar refractivity (Wildman–Crippen MR) is 42.4 cm³/mol. The van der Waals surface area contributed by atoms with Crippen molar-refractivity contribution in [1.82, 2.24) is 0 Å². The second-order valence-corrected chi connectivity index (χ2v) is 4.18. The highest BCUT2D eigenvalue weighted by Crippen LogP contribution is 2.26. The van der Waals surface area contributed by atoms with Crippen molar-refractivity contribution in [2.75, 3.05) is 0 Å². The third-order valence-corrected chi connectivity index (χ3v) is 2.41. The summed E-state index contributed by atoms with van der Waals surface area (Å²) < 4.78 is 59.8. The van der Waals surface area contributed by atoms with E-state index in [1.54, 1.807) is 0 Å². The Kier molecular flexibility index (Phi) is 4.53. The number of halogens is 3. The van der Waals surface area contributed by atoms with Crippen LogP contribution < -0.4 is 0 Å². The van der Waals surface area contributed by atoms with Gasteiger partial charge < -0.3 is 5.11 Å². The Morgan fingerprint density at radius 1 is 1.47 bits per heavy atom. The fraction of sp³-hybridized carbons (Fsp3) is 0.833. The highest BCUT2D eigenvalue weighted by Gasteiger charge is 2.49. The summed E-state index contributed by atoms with van der Waals surface area (Å²) in [6.45, 7) is 1.49. The third kappa shape index (κ3) is 4.04. The van der Waals surface area contributed by atoms with E-state index in [0.717, 1.165) is 0 Å². The maximum Gasteiger partial charge on any atom is 0.523 e. The summed E-state index contributed by atoms with van der Waals surface area (Å²) in [6.07, 6.45) is -2.13. The highest BCUT2D eigenvalue weighted by molar-refractivity contribution is 7.87. The van der Waals surface area contributed by atoms with E-state index in [2.05, 4.69) is 4.18 Å². The van der Waals surface area contributed by atoms with Crippen LogP contribution in [0.1, 0.15) is 19.8 Å². The van der Waals surface area contributed by atoms with Gasteiger partial charge >= 0.3 is 21.6 Å². The van der Waals surface area contributed by atoms with Gasteiger partial charge in [-0.25, -0.2) is 8.98 Å². The predicted octanol–water partition coefficient (Wildman–Crippen LogP) is 1.11. The Morgan fingerprint density at radius 2 is 1.93 bits per heavy atom. The molecule has 0 bridgehead atoms. The Balaban J connectivity index is 4.76. The van der Waals surface area contributed by atoms with Crippen LogP contribution in [-0.2, 0) is 19.1 Å². The van der Waals surface area contributed by atoms with Crippen LogP contribution in [0, 0.1) is 0 Å². The first-order chi connectivity index (χ1) is 6.62. The molecule has 0 unspecified atom stereocenters. The molecule has 5 nitrogen and oxygen atoms in total. The molecule has 0 saturated carbocycles. The largest absolute Gasteiger partial charge is 0.523 e. The lowest BCUT2D eigenvalue weighted by atomic mass is 10.2. The third-order valence-electron chi connectivity index (χ3n) is 1.35. The molecule has 0 aliphatic heterocycles. The Bertz CT molecular complexity index is 320. The molecule has 9 heteroatoms. The van der Waals surface area contributed by atoms with E-state index in [0.29, 0.717) is 0 Å². The number of aliphatic carboxylic acids is 1. The fourth-order valence-electron chi connectivity index (χ4n) is 0.682. The minimum atomic E-state index is -5.84. The van der Waals surface area contributed by atoms with Crippen LogP contribution in [0.25, 0.3) is 0 Å².